The van der Waals surface area contributed by atoms with E-state index in [1.807, 2.05) is 0 Å². The van der Waals surface area contributed by atoms with Gasteiger partial charge in [0.1, 0.15) is 0 Å². The van der Waals surface area contributed by atoms with Crippen molar-refractivity contribution in [3.63, 3.8) is 0 Å². The van der Waals surface area contributed by atoms with Gasteiger partial charge in [-0.1, -0.05) is 6.42 Å². The van der Waals surface area contributed by atoms with E-state index in [4.69, 9.17) is 5.10 Å². The molecule has 0 saturated heterocycles. The van der Waals surface area contributed by atoms with E-state index in [0.717, 1.165) is 45.7 Å². The van der Waals surface area contributed by atoms with Crippen LogP contribution >= 0.6 is 0 Å². The lowest BCUT2D eigenvalue weighted by atomic mass is 9.81. The van der Waals surface area contributed by atoms with E-state index >= 15 is 0 Å². The minimum atomic E-state index is 0.708. The fourth-order valence-corrected chi connectivity index (χ4v) is 4.25. The molecule has 0 spiro atoms. The summed E-state index contributed by atoms with van der Waals surface area (Å²) in [5.41, 5.74) is 6.75. The number of hydrogen-bond acceptors (Lipinski definition) is 4. The molecule has 5 rings (SSSR count). The first-order valence-electron chi connectivity index (χ1n) is 9.41. The molecule has 0 aromatic carbocycles. The van der Waals surface area contributed by atoms with Gasteiger partial charge in [0.05, 0.1) is 17.1 Å². The number of rotatable bonds is 3. The summed E-state index contributed by atoms with van der Waals surface area (Å²) < 4.78 is 2.20. The molecular formula is C18H26N6. The maximum Gasteiger partial charge on any atom is 0.0768 e. The van der Waals surface area contributed by atoms with Crippen molar-refractivity contribution < 1.29 is 0 Å². The van der Waals surface area contributed by atoms with Gasteiger partial charge >= 0.3 is 0 Å². The van der Waals surface area contributed by atoms with Crippen LogP contribution in [0.15, 0.2) is 6.07 Å². The van der Waals surface area contributed by atoms with Gasteiger partial charge in [-0.25, -0.2) is 0 Å². The second-order valence-electron chi connectivity index (χ2n) is 7.53. The van der Waals surface area contributed by atoms with Gasteiger partial charge in [-0.05, 0) is 31.9 Å². The summed E-state index contributed by atoms with van der Waals surface area (Å²) in [6, 6.07) is 2.29. The third kappa shape index (κ3) is 2.58. The highest BCUT2D eigenvalue weighted by Gasteiger charge is 2.29. The van der Waals surface area contributed by atoms with E-state index in [2.05, 4.69) is 31.2 Å². The number of fused-ring (bicyclic) bond motifs is 2. The Morgan fingerprint density at radius 3 is 3.04 bits per heavy atom. The second kappa shape index (κ2) is 6.01. The Balaban J connectivity index is 1.31. The van der Waals surface area contributed by atoms with Crippen LogP contribution in [0.1, 0.15) is 59.9 Å². The van der Waals surface area contributed by atoms with Gasteiger partial charge in [0.25, 0.3) is 0 Å². The van der Waals surface area contributed by atoms with Crippen molar-refractivity contribution in [1.82, 2.24) is 30.2 Å². The Labute approximate surface area is 142 Å². The third-order valence-corrected chi connectivity index (χ3v) is 5.87. The molecule has 6 nitrogen and oxygen atoms in total. The Kier molecular flexibility index (Phi) is 3.67. The second-order valence-corrected chi connectivity index (χ2v) is 7.53. The molecule has 128 valence electrons. The van der Waals surface area contributed by atoms with Crippen LogP contribution in [0.2, 0.25) is 0 Å². The Hall–Kier alpha value is -1.66. The molecule has 2 N–H and O–H groups in total. The minimum Gasteiger partial charge on any atom is -0.311 e. The fraction of sp³-hybridized carbons (Fsp3) is 0.667. The van der Waals surface area contributed by atoms with E-state index in [-0.39, 0.29) is 0 Å². The molecule has 1 aliphatic carbocycles. The average molecular weight is 326 g/mol. The highest BCUT2D eigenvalue weighted by Crippen LogP contribution is 2.38. The fourth-order valence-electron chi connectivity index (χ4n) is 4.25. The Morgan fingerprint density at radius 2 is 2.17 bits per heavy atom. The molecule has 24 heavy (non-hydrogen) atoms. The highest BCUT2D eigenvalue weighted by molar-refractivity contribution is 5.31. The monoisotopic (exact) mass is 326 g/mol. The quantitative estimate of drug-likeness (QED) is 0.905. The number of H-pyrrole nitrogens is 1. The van der Waals surface area contributed by atoms with Crippen molar-refractivity contribution in [3.05, 3.63) is 34.4 Å². The van der Waals surface area contributed by atoms with Crippen molar-refractivity contribution in [3.8, 4) is 0 Å². The smallest absolute Gasteiger partial charge is 0.0768 e. The van der Waals surface area contributed by atoms with Gasteiger partial charge in [-0.2, -0.15) is 10.2 Å². The van der Waals surface area contributed by atoms with Gasteiger partial charge < -0.3 is 5.32 Å². The molecule has 0 radical (unpaired) electrons. The maximum absolute atomic E-state index is 4.84. The van der Waals surface area contributed by atoms with Crippen LogP contribution in [0.5, 0.6) is 0 Å². The van der Waals surface area contributed by atoms with Crippen LogP contribution in [0.3, 0.4) is 0 Å². The van der Waals surface area contributed by atoms with Crippen molar-refractivity contribution in [1.29, 1.82) is 0 Å². The topological polar surface area (TPSA) is 61.8 Å². The predicted octanol–water partition coefficient (Wildman–Crippen LogP) is 1.93. The average Bonchev–Trinajstić information content (AvgIpc) is 3.04. The van der Waals surface area contributed by atoms with E-state index in [1.165, 1.54) is 54.0 Å². The summed E-state index contributed by atoms with van der Waals surface area (Å²) in [7, 11) is 0. The van der Waals surface area contributed by atoms with Crippen molar-refractivity contribution >= 4 is 0 Å². The first-order chi connectivity index (χ1) is 11.9. The lowest BCUT2D eigenvalue weighted by Gasteiger charge is -2.29. The molecule has 0 unspecified atom stereocenters. The molecule has 0 amide bonds. The first-order valence-corrected chi connectivity index (χ1v) is 9.41. The standard InChI is InChI=1S/C18H26N6/c1-3-13(4-1)18-16-12-23(8-5-17(16)20-21-18)11-14-9-15-10-19-6-2-7-24(15)22-14/h9,13,19H,1-8,10-12H2,(H,20,21). The van der Waals surface area contributed by atoms with E-state index in [9.17, 15) is 0 Å². The van der Waals surface area contributed by atoms with E-state index in [0.29, 0.717) is 5.92 Å². The predicted molar refractivity (Wildman–Crippen MR) is 91.5 cm³/mol. The number of aryl methyl sites for hydroxylation is 1. The van der Waals surface area contributed by atoms with Crippen molar-refractivity contribution in [2.24, 2.45) is 0 Å². The molecular weight excluding hydrogens is 300 g/mol. The van der Waals surface area contributed by atoms with Gasteiger partial charge in [-0.3, -0.25) is 14.7 Å². The minimum absolute atomic E-state index is 0.708. The summed E-state index contributed by atoms with van der Waals surface area (Å²) >= 11 is 0. The number of nitrogens with zero attached hydrogens (tertiary/aromatic N) is 4. The van der Waals surface area contributed by atoms with Gasteiger partial charge in [-0.15, -0.1) is 0 Å². The SMILES string of the molecule is c1c(CN2CCc3[nH]nc(C4CCC4)c3C2)nn2c1CNCCC2. The lowest BCUT2D eigenvalue weighted by molar-refractivity contribution is 0.238. The molecule has 3 aliphatic rings. The van der Waals surface area contributed by atoms with Crippen LogP contribution in [0, 0.1) is 0 Å². The zero-order chi connectivity index (χ0) is 15.9. The van der Waals surface area contributed by atoms with Crippen LogP contribution in [0.4, 0.5) is 0 Å². The summed E-state index contributed by atoms with van der Waals surface area (Å²) in [6.45, 7) is 6.16. The molecule has 2 aromatic rings. The number of nitrogens with one attached hydrogen (secondary N) is 2. The lowest BCUT2D eigenvalue weighted by Crippen LogP contribution is -2.31. The largest absolute Gasteiger partial charge is 0.311 e. The first kappa shape index (κ1) is 14.7. The molecule has 1 fully saturated rings. The summed E-state index contributed by atoms with van der Waals surface area (Å²) in [5.74, 6) is 0.708. The zero-order valence-corrected chi connectivity index (χ0v) is 14.2. The van der Waals surface area contributed by atoms with E-state index < -0.39 is 0 Å². The summed E-state index contributed by atoms with van der Waals surface area (Å²) in [6.07, 6.45) is 6.26. The molecule has 6 heteroatoms. The van der Waals surface area contributed by atoms with Crippen molar-refractivity contribution in [2.45, 2.75) is 64.2 Å². The third-order valence-electron chi connectivity index (χ3n) is 5.87. The Morgan fingerprint density at radius 1 is 1.21 bits per heavy atom. The van der Waals surface area contributed by atoms with Crippen LogP contribution < -0.4 is 5.32 Å². The molecule has 1 saturated carbocycles. The van der Waals surface area contributed by atoms with Gasteiger partial charge in [0, 0.05) is 56.3 Å². The highest BCUT2D eigenvalue weighted by atomic mass is 15.3. The summed E-state index contributed by atoms with van der Waals surface area (Å²) in [4.78, 5) is 2.54. The molecule has 2 aliphatic heterocycles. The normalized spacial score (nSPS) is 21.8. The molecule has 0 atom stereocenters. The van der Waals surface area contributed by atoms with E-state index in [1.54, 1.807) is 0 Å². The number of aromatic amines is 1. The van der Waals surface area contributed by atoms with Crippen LogP contribution in [-0.4, -0.2) is 38.0 Å². The molecule has 4 heterocycles. The Bertz CT molecular complexity index is 702. The number of hydrogen-bond donors (Lipinski definition) is 2. The molecule has 0 bridgehead atoms. The van der Waals surface area contributed by atoms with Gasteiger partial charge in [0.2, 0.25) is 0 Å². The van der Waals surface area contributed by atoms with Crippen molar-refractivity contribution in [2.75, 3.05) is 13.1 Å². The van der Waals surface area contributed by atoms with Gasteiger partial charge in [0.15, 0.2) is 0 Å². The molecule has 2 aromatic heterocycles. The maximum atomic E-state index is 4.84. The zero-order valence-electron chi connectivity index (χ0n) is 14.2. The number of aromatic nitrogens is 4. The van der Waals surface area contributed by atoms with Crippen LogP contribution in [-0.2, 0) is 32.6 Å². The van der Waals surface area contributed by atoms with Crippen LogP contribution in [0.25, 0.3) is 0 Å². The summed E-state index contributed by atoms with van der Waals surface area (Å²) in [5, 5.41) is 16.3.